The monoisotopic (exact) mass is 245 g/mol. The molecular formula is C14H15NO3. The first-order valence-corrected chi connectivity index (χ1v) is 5.49. The van der Waals surface area contributed by atoms with Crippen LogP contribution in [0.2, 0.25) is 0 Å². The molecule has 0 saturated carbocycles. The Kier molecular flexibility index (Phi) is 4.50. The molecule has 0 aliphatic carbocycles. The predicted molar refractivity (Wildman–Crippen MR) is 68.3 cm³/mol. The average molecular weight is 245 g/mol. The third-order valence-corrected chi connectivity index (χ3v) is 2.41. The molecule has 0 radical (unpaired) electrons. The van der Waals surface area contributed by atoms with E-state index in [4.69, 9.17) is 11.5 Å². The molecule has 1 aromatic rings. The molecule has 0 aliphatic rings. The van der Waals surface area contributed by atoms with Crippen molar-refractivity contribution < 1.29 is 14.7 Å². The van der Waals surface area contributed by atoms with Gasteiger partial charge in [-0.3, -0.25) is 4.79 Å². The van der Waals surface area contributed by atoms with Crippen LogP contribution in [-0.2, 0) is 4.79 Å². The third kappa shape index (κ3) is 3.63. The maximum absolute atomic E-state index is 11.9. The van der Waals surface area contributed by atoms with Gasteiger partial charge in [0.2, 0.25) is 0 Å². The summed E-state index contributed by atoms with van der Waals surface area (Å²) in [6.07, 6.45) is 5.03. The Bertz CT molecular complexity index is 494. The number of nitrogens with one attached hydrogen (secondary N) is 1. The van der Waals surface area contributed by atoms with Crippen molar-refractivity contribution in [2.24, 2.45) is 0 Å². The minimum Gasteiger partial charge on any atom is -0.480 e. The molecule has 2 N–H and O–H groups in total. The predicted octanol–water partition coefficient (Wildman–Crippen LogP) is 1.51. The van der Waals surface area contributed by atoms with Gasteiger partial charge in [-0.25, -0.2) is 4.79 Å². The number of aliphatic carboxylic acids is 1. The van der Waals surface area contributed by atoms with Crippen molar-refractivity contribution in [2.75, 3.05) is 0 Å². The summed E-state index contributed by atoms with van der Waals surface area (Å²) in [7, 11) is 0. The van der Waals surface area contributed by atoms with E-state index in [1.165, 1.54) is 0 Å². The first-order valence-electron chi connectivity index (χ1n) is 5.49. The lowest BCUT2D eigenvalue weighted by Gasteiger charge is -2.12. The molecule has 0 spiro atoms. The molecule has 4 heteroatoms. The van der Waals surface area contributed by atoms with Crippen LogP contribution in [0, 0.1) is 26.2 Å². The lowest BCUT2D eigenvalue weighted by Crippen LogP contribution is -2.40. The Morgan fingerprint density at radius 2 is 1.89 bits per heavy atom. The van der Waals surface area contributed by atoms with Crippen LogP contribution in [0.1, 0.15) is 27.9 Å². The smallest absolute Gasteiger partial charge is 0.327 e. The molecule has 0 aromatic heterocycles. The van der Waals surface area contributed by atoms with Gasteiger partial charge in [0.1, 0.15) is 6.04 Å². The van der Waals surface area contributed by atoms with Gasteiger partial charge in [-0.05, 0) is 26.0 Å². The number of benzene rings is 1. The zero-order valence-corrected chi connectivity index (χ0v) is 10.4. The fourth-order valence-electron chi connectivity index (χ4n) is 1.67. The Morgan fingerprint density at radius 1 is 1.33 bits per heavy atom. The van der Waals surface area contributed by atoms with E-state index in [0.717, 1.165) is 11.1 Å². The highest BCUT2D eigenvalue weighted by Crippen LogP contribution is 2.09. The first-order chi connectivity index (χ1) is 8.43. The third-order valence-electron chi connectivity index (χ3n) is 2.41. The van der Waals surface area contributed by atoms with Gasteiger partial charge in [0.05, 0.1) is 0 Å². The van der Waals surface area contributed by atoms with Gasteiger partial charge in [0, 0.05) is 12.0 Å². The van der Waals surface area contributed by atoms with Gasteiger partial charge in [-0.1, -0.05) is 17.2 Å². The largest absolute Gasteiger partial charge is 0.480 e. The van der Waals surface area contributed by atoms with Gasteiger partial charge < -0.3 is 10.4 Å². The van der Waals surface area contributed by atoms with Crippen molar-refractivity contribution in [2.45, 2.75) is 26.3 Å². The summed E-state index contributed by atoms with van der Waals surface area (Å²) in [4.78, 5) is 22.8. The molecule has 0 heterocycles. The molecule has 94 valence electrons. The van der Waals surface area contributed by atoms with Crippen LogP contribution in [0.25, 0.3) is 0 Å². The van der Waals surface area contributed by atoms with Gasteiger partial charge >= 0.3 is 5.97 Å². The van der Waals surface area contributed by atoms with Crippen molar-refractivity contribution in [3.63, 3.8) is 0 Å². The van der Waals surface area contributed by atoms with Crippen LogP contribution in [-0.4, -0.2) is 23.0 Å². The number of carbonyl (C=O) groups is 2. The van der Waals surface area contributed by atoms with E-state index in [1.54, 1.807) is 12.1 Å². The molecular weight excluding hydrogens is 230 g/mol. The summed E-state index contributed by atoms with van der Waals surface area (Å²) in [5.41, 5.74) is 2.34. The minimum absolute atomic E-state index is 0.0358. The standard InChI is InChI=1S/C14H15NO3/c1-4-5-12(14(17)18)15-13(16)11-7-9(2)6-10(3)8-11/h1,6-8,12H,5H2,2-3H3,(H,15,16)(H,17,18)/t12-/m0/s1. The van der Waals surface area contributed by atoms with Crippen molar-refractivity contribution >= 4 is 11.9 Å². The van der Waals surface area contributed by atoms with E-state index >= 15 is 0 Å². The normalized spacial score (nSPS) is 11.4. The molecule has 1 atom stereocenters. The Balaban J connectivity index is 2.87. The van der Waals surface area contributed by atoms with E-state index in [-0.39, 0.29) is 6.42 Å². The number of hydrogen-bond donors (Lipinski definition) is 2. The molecule has 0 unspecified atom stereocenters. The van der Waals surface area contributed by atoms with E-state index in [1.807, 2.05) is 19.9 Å². The Hall–Kier alpha value is -2.28. The number of terminal acetylenes is 1. The van der Waals surface area contributed by atoms with Crippen molar-refractivity contribution in [3.8, 4) is 12.3 Å². The van der Waals surface area contributed by atoms with E-state index < -0.39 is 17.9 Å². The van der Waals surface area contributed by atoms with E-state index in [0.29, 0.717) is 5.56 Å². The highest BCUT2D eigenvalue weighted by molar-refractivity contribution is 5.97. The lowest BCUT2D eigenvalue weighted by molar-refractivity contribution is -0.139. The van der Waals surface area contributed by atoms with Crippen LogP contribution < -0.4 is 5.32 Å². The maximum atomic E-state index is 11.9. The highest BCUT2D eigenvalue weighted by atomic mass is 16.4. The van der Waals surface area contributed by atoms with Crippen LogP contribution in [0.15, 0.2) is 18.2 Å². The minimum atomic E-state index is -1.13. The zero-order valence-electron chi connectivity index (χ0n) is 10.4. The molecule has 1 amide bonds. The van der Waals surface area contributed by atoms with Gasteiger partial charge in [0.15, 0.2) is 0 Å². The Labute approximate surface area is 106 Å². The number of carbonyl (C=O) groups excluding carboxylic acids is 1. The van der Waals surface area contributed by atoms with Crippen molar-refractivity contribution in [1.82, 2.24) is 5.32 Å². The summed E-state index contributed by atoms with van der Waals surface area (Å²) < 4.78 is 0. The molecule has 0 saturated heterocycles. The van der Waals surface area contributed by atoms with Crippen molar-refractivity contribution in [1.29, 1.82) is 0 Å². The summed E-state index contributed by atoms with van der Waals surface area (Å²) >= 11 is 0. The fraction of sp³-hybridized carbons (Fsp3) is 0.286. The van der Waals surface area contributed by atoms with E-state index in [2.05, 4.69) is 11.2 Å². The highest BCUT2D eigenvalue weighted by Gasteiger charge is 2.19. The number of rotatable bonds is 4. The molecule has 1 rings (SSSR count). The second kappa shape index (κ2) is 5.87. The molecule has 0 aliphatic heterocycles. The quantitative estimate of drug-likeness (QED) is 0.790. The number of carboxylic acid groups (broad SMARTS) is 1. The average Bonchev–Trinajstić information content (AvgIpc) is 2.26. The molecule has 0 fully saturated rings. The van der Waals surface area contributed by atoms with Crippen LogP contribution in [0.5, 0.6) is 0 Å². The summed E-state index contributed by atoms with van der Waals surface area (Å²) in [6.45, 7) is 3.75. The van der Waals surface area contributed by atoms with E-state index in [9.17, 15) is 9.59 Å². The SMILES string of the molecule is C#CC[C@H](NC(=O)c1cc(C)cc(C)c1)C(=O)O. The zero-order chi connectivity index (χ0) is 13.7. The number of aryl methyl sites for hydroxylation is 2. The van der Waals surface area contributed by atoms with Crippen molar-refractivity contribution in [3.05, 3.63) is 34.9 Å². The second-order valence-corrected chi connectivity index (χ2v) is 4.15. The van der Waals surface area contributed by atoms with Gasteiger partial charge in [0.25, 0.3) is 5.91 Å². The molecule has 1 aromatic carbocycles. The number of amides is 1. The topological polar surface area (TPSA) is 66.4 Å². The van der Waals surface area contributed by atoms with Crippen LogP contribution in [0.4, 0.5) is 0 Å². The van der Waals surface area contributed by atoms with Gasteiger partial charge in [-0.15, -0.1) is 12.3 Å². The molecule has 4 nitrogen and oxygen atoms in total. The van der Waals surface area contributed by atoms with Crippen LogP contribution in [0.3, 0.4) is 0 Å². The summed E-state index contributed by atoms with van der Waals surface area (Å²) in [5.74, 6) is 0.673. The number of hydrogen-bond acceptors (Lipinski definition) is 2. The van der Waals surface area contributed by atoms with Gasteiger partial charge in [-0.2, -0.15) is 0 Å². The number of carboxylic acids is 1. The summed E-state index contributed by atoms with van der Waals surface area (Å²) in [6, 6.07) is 4.30. The summed E-state index contributed by atoms with van der Waals surface area (Å²) in [5, 5.41) is 11.3. The first kappa shape index (κ1) is 13.8. The van der Waals surface area contributed by atoms with Crippen LogP contribution >= 0.6 is 0 Å². The fourth-order valence-corrected chi connectivity index (χ4v) is 1.67. The molecule has 0 bridgehead atoms. The maximum Gasteiger partial charge on any atom is 0.327 e. The molecule has 18 heavy (non-hydrogen) atoms. The lowest BCUT2D eigenvalue weighted by atomic mass is 10.1. The Morgan fingerprint density at radius 3 is 2.33 bits per heavy atom. The second-order valence-electron chi connectivity index (χ2n) is 4.15.